The predicted molar refractivity (Wildman–Crippen MR) is 95.4 cm³/mol. The molecule has 3 rings (SSSR count). The van der Waals surface area contributed by atoms with Crippen LogP contribution in [-0.2, 0) is 10.0 Å². The number of piperidine rings is 1. The van der Waals surface area contributed by atoms with Gasteiger partial charge in [0.05, 0.1) is 14.8 Å². The van der Waals surface area contributed by atoms with Gasteiger partial charge in [-0.2, -0.15) is 4.31 Å². The van der Waals surface area contributed by atoms with Crippen LogP contribution in [0.4, 0.5) is 5.69 Å². The second-order valence-corrected chi connectivity index (χ2v) is 9.03. The average molecular weight is 388 g/mol. The highest BCUT2D eigenvalue weighted by atomic mass is 35.5. The van der Waals surface area contributed by atoms with Crippen molar-refractivity contribution in [1.29, 1.82) is 0 Å². The Kier molecular flexibility index (Phi) is 5.34. The van der Waals surface area contributed by atoms with Crippen LogP contribution in [0.3, 0.4) is 0 Å². The smallest absolute Gasteiger partial charge is 0.275 e. The summed E-state index contributed by atoms with van der Waals surface area (Å²) in [5, 5.41) is 11.2. The number of rotatable bonds is 4. The summed E-state index contributed by atoms with van der Waals surface area (Å²) in [6.45, 7) is 4.57. The zero-order chi connectivity index (χ0) is 18.2. The van der Waals surface area contributed by atoms with E-state index in [1.165, 1.54) is 30.1 Å². The third-order valence-corrected chi connectivity index (χ3v) is 7.47. The van der Waals surface area contributed by atoms with E-state index in [4.69, 9.17) is 11.6 Å². The van der Waals surface area contributed by atoms with Crippen LogP contribution in [-0.4, -0.2) is 54.8 Å². The zero-order valence-electron chi connectivity index (χ0n) is 14.1. The number of nitro benzene ring substituents is 1. The summed E-state index contributed by atoms with van der Waals surface area (Å²) in [6.07, 6.45) is 4.01. The summed E-state index contributed by atoms with van der Waals surface area (Å²) in [4.78, 5) is 12.9. The van der Waals surface area contributed by atoms with Gasteiger partial charge < -0.3 is 4.90 Å². The van der Waals surface area contributed by atoms with E-state index in [0.717, 1.165) is 32.0 Å². The highest BCUT2D eigenvalue weighted by Gasteiger charge is 2.33. The highest BCUT2D eigenvalue weighted by molar-refractivity contribution is 7.89. The summed E-state index contributed by atoms with van der Waals surface area (Å²) < 4.78 is 27.2. The standard InChI is InChI=1S/C16H22ClN3O4S/c1-12-15(17)10-14(11-16(12)20(21)22)25(23,24)19-8-4-13(5-9-19)18-6-2-3-7-18/h10-11,13H,2-9H2,1H3. The van der Waals surface area contributed by atoms with Gasteiger partial charge in [0.25, 0.3) is 5.69 Å². The molecule has 0 N–H and O–H groups in total. The number of likely N-dealkylation sites (tertiary alicyclic amines) is 1. The second-order valence-electron chi connectivity index (χ2n) is 6.68. The SMILES string of the molecule is Cc1c(Cl)cc(S(=O)(=O)N2CCC(N3CCCC3)CC2)cc1[N+](=O)[O-]. The predicted octanol–water partition coefficient (Wildman–Crippen LogP) is 2.81. The quantitative estimate of drug-likeness (QED) is 0.586. The minimum atomic E-state index is -3.78. The molecule has 7 nitrogen and oxygen atoms in total. The number of benzene rings is 1. The van der Waals surface area contributed by atoms with Crippen molar-refractivity contribution in [2.24, 2.45) is 0 Å². The molecule has 0 aromatic heterocycles. The minimum absolute atomic E-state index is 0.0970. The van der Waals surface area contributed by atoms with Gasteiger partial charge in [0.15, 0.2) is 0 Å². The molecular formula is C16H22ClN3O4S. The van der Waals surface area contributed by atoms with Crippen LogP contribution in [0.1, 0.15) is 31.2 Å². The average Bonchev–Trinajstić information content (AvgIpc) is 3.11. The van der Waals surface area contributed by atoms with Crippen molar-refractivity contribution < 1.29 is 13.3 Å². The number of halogens is 1. The molecule has 0 unspecified atom stereocenters. The molecule has 138 valence electrons. The zero-order valence-corrected chi connectivity index (χ0v) is 15.7. The van der Waals surface area contributed by atoms with Gasteiger partial charge in [0.1, 0.15) is 0 Å². The number of hydrogen-bond donors (Lipinski definition) is 0. The van der Waals surface area contributed by atoms with Gasteiger partial charge in [-0.3, -0.25) is 10.1 Å². The number of hydrogen-bond acceptors (Lipinski definition) is 5. The van der Waals surface area contributed by atoms with Crippen molar-refractivity contribution in [1.82, 2.24) is 9.21 Å². The molecule has 0 bridgehead atoms. The van der Waals surface area contributed by atoms with Gasteiger partial charge in [0, 0.05) is 30.8 Å². The molecule has 1 aromatic carbocycles. The monoisotopic (exact) mass is 387 g/mol. The molecule has 2 aliphatic heterocycles. The van der Waals surface area contributed by atoms with E-state index in [2.05, 4.69) is 4.90 Å². The van der Waals surface area contributed by atoms with E-state index in [1.807, 2.05) is 0 Å². The maximum Gasteiger partial charge on any atom is 0.275 e. The maximum atomic E-state index is 12.9. The van der Waals surface area contributed by atoms with E-state index in [9.17, 15) is 18.5 Å². The Morgan fingerprint density at radius 2 is 1.76 bits per heavy atom. The van der Waals surface area contributed by atoms with Crippen LogP contribution in [0.25, 0.3) is 0 Å². The minimum Gasteiger partial charge on any atom is -0.300 e. The highest BCUT2D eigenvalue weighted by Crippen LogP contribution is 2.32. The molecule has 0 aliphatic carbocycles. The Hall–Kier alpha value is -1.22. The fourth-order valence-electron chi connectivity index (χ4n) is 3.68. The Balaban J connectivity index is 1.79. The lowest BCUT2D eigenvalue weighted by Crippen LogP contribution is -2.45. The molecule has 2 heterocycles. The van der Waals surface area contributed by atoms with E-state index in [0.29, 0.717) is 19.1 Å². The first-order chi connectivity index (χ1) is 11.8. The first kappa shape index (κ1) is 18.6. The number of sulfonamides is 1. The Morgan fingerprint density at radius 3 is 2.32 bits per heavy atom. The lowest BCUT2D eigenvalue weighted by atomic mass is 10.1. The van der Waals surface area contributed by atoms with Crippen molar-refractivity contribution in [2.45, 2.75) is 43.5 Å². The Morgan fingerprint density at radius 1 is 1.16 bits per heavy atom. The third kappa shape index (κ3) is 3.67. The van der Waals surface area contributed by atoms with Gasteiger partial charge in [-0.25, -0.2) is 8.42 Å². The van der Waals surface area contributed by atoms with Crippen LogP contribution in [0.15, 0.2) is 17.0 Å². The molecule has 0 saturated carbocycles. The van der Waals surface area contributed by atoms with E-state index in [-0.39, 0.29) is 21.2 Å². The molecule has 1 aromatic rings. The van der Waals surface area contributed by atoms with Crippen molar-refractivity contribution in [3.05, 3.63) is 32.8 Å². The van der Waals surface area contributed by atoms with Gasteiger partial charge >= 0.3 is 0 Å². The van der Waals surface area contributed by atoms with Crippen molar-refractivity contribution in [3.8, 4) is 0 Å². The molecule has 0 atom stereocenters. The molecule has 2 aliphatic rings. The molecule has 9 heteroatoms. The molecular weight excluding hydrogens is 366 g/mol. The summed E-state index contributed by atoms with van der Waals surface area (Å²) in [6, 6.07) is 2.86. The van der Waals surface area contributed by atoms with Crippen molar-refractivity contribution in [2.75, 3.05) is 26.2 Å². The van der Waals surface area contributed by atoms with Crippen LogP contribution >= 0.6 is 11.6 Å². The maximum absolute atomic E-state index is 12.9. The molecule has 25 heavy (non-hydrogen) atoms. The molecule has 0 radical (unpaired) electrons. The van der Waals surface area contributed by atoms with Gasteiger partial charge in [0.2, 0.25) is 10.0 Å². The lowest BCUT2D eigenvalue weighted by molar-refractivity contribution is -0.385. The molecule has 2 saturated heterocycles. The normalized spacial score (nSPS) is 20.9. The number of nitrogens with zero attached hydrogens (tertiary/aromatic N) is 3. The molecule has 2 fully saturated rings. The van der Waals surface area contributed by atoms with E-state index in [1.54, 1.807) is 0 Å². The largest absolute Gasteiger partial charge is 0.300 e. The van der Waals surface area contributed by atoms with Crippen molar-refractivity contribution >= 4 is 27.3 Å². The summed E-state index contributed by atoms with van der Waals surface area (Å²) in [5.74, 6) is 0. The third-order valence-electron chi connectivity index (χ3n) is 5.21. The van der Waals surface area contributed by atoms with E-state index >= 15 is 0 Å². The fraction of sp³-hybridized carbons (Fsp3) is 0.625. The molecule has 0 amide bonds. The summed E-state index contributed by atoms with van der Waals surface area (Å²) in [5.41, 5.74) is 0.0105. The number of nitro groups is 1. The van der Waals surface area contributed by atoms with Gasteiger partial charge in [-0.1, -0.05) is 11.6 Å². The summed E-state index contributed by atoms with van der Waals surface area (Å²) in [7, 11) is -3.78. The topological polar surface area (TPSA) is 83.8 Å². The molecule has 0 spiro atoms. The van der Waals surface area contributed by atoms with Crippen LogP contribution in [0.5, 0.6) is 0 Å². The van der Waals surface area contributed by atoms with Crippen LogP contribution < -0.4 is 0 Å². The fourth-order valence-corrected chi connectivity index (χ4v) is 5.48. The summed E-state index contributed by atoms with van der Waals surface area (Å²) >= 11 is 6.02. The lowest BCUT2D eigenvalue weighted by Gasteiger charge is -2.36. The van der Waals surface area contributed by atoms with Crippen LogP contribution in [0.2, 0.25) is 5.02 Å². The van der Waals surface area contributed by atoms with E-state index < -0.39 is 14.9 Å². The first-order valence-corrected chi connectivity index (χ1v) is 10.3. The first-order valence-electron chi connectivity index (χ1n) is 8.49. The van der Waals surface area contributed by atoms with Gasteiger partial charge in [-0.05, 0) is 51.8 Å². The van der Waals surface area contributed by atoms with Crippen LogP contribution in [0, 0.1) is 17.0 Å². The van der Waals surface area contributed by atoms with Gasteiger partial charge in [-0.15, -0.1) is 0 Å². The van der Waals surface area contributed by atoms with Crippen molar-refractivity contribution in [3.63, 3.8) is 0 Å². The Labute approximate surface area is 152 Å². The Bertz CT molecular complexity index is 770. The second kappa shape index (κ2) is 7.19.